The lowest BCUT2D eigenvalue weighted by molar-refractivity contribution is -0.224. The smallest absolute Gasteiger partial charge is 0.327 e. The first-order valence-electron chi connectivity index (χ1n) is 19.8. The van der Waals surface area contributed by atoms with Crippen LogP contribution in [0.5, 0.6) is 0 Å². The number of hydrogen-bond acceptors (Lipinski definition) is 10. The number of hydrogen-bond donors (Lipinski definition) is 3. The molecule has 3 N–H and O–H groups in total. The highest BCUT2D eigenvalue weighted by molar-refractivity contribution is 5.95. The van der Waals surface area contributed by atoms with Crippen LogP contribution in [0.25, 0.3) is 6.08 Å². The average Bonchev–Trinajstić information content (AvgIpc) is 3.73. The van der Waals surface area contributed by atoms with Crippen LogP contribution >= 0.6 is 0 Å². The normalized spacial score (nSPS) is 26.4. The maximum atomic E-state index is 14.8. The quantitative estimate of drug-likeness (QED) is 0.114. The average molecular weight is 761 g/mol. The van der Waals surface area contributed by atoms with E-state index in [4.69, 9.17) is 24.2 Å². The van der Waals surface area contributed by atoms with Crippen molar-refractivity contribution < 1.29 is 43.3 Å². The van der Waals surface area contributed by atoms with E-state index < -0.39 is 47.6 Å². The Morgan fingerprint density at radius 2 is 1.65 bits per heavy atom. The molecule has 1 saturated carbocycles. The molecule has 0 radical (unpaired) electrons. The van der Waals surface area contributed by atoms with Gasteiger partial charge in [0.05, 0.1) is 13.2 Å². The van der Waals surface area contributed by atoms with Crippen molar-refractivity contribution in [2.75, 3.05) is 27.2 Å². The van der Waals surface area contributed by atoms with Gasteiger partial charge in [-0.25, -0.2) is 0 Å². The van der Waals surface area contributed by atoms with Gasteiger partial charge >= 0.3 is 5.97 Å². The molecule has 2 aromatic rings. The van der Waals surface area contributed by atoms with Gasteiger partial charge in [0.2, 0.25) is 11.8 Å². The molecule has 3 heterocycles. The fourth-order valence-corrected chi connectivity index (χ4v) is 8.43. The van der Waals surface area contributed by atoms with Crippen molar-refractivity contribution >= 4 is 29.8 Å². The van der Waals surface area contributed by atoms with Gasteiger partial charge in [-0.05, 0) is 47.7 Å². The Hall–Kier alpha value is -4.14. The van der Waals surface area contributed by atoms with Gasteiger partial charge in [-0.1, -0.05) is 75.9 Å². The van der Waals surface area contributed by atoms with E-state index in [9.17, 15) is 19.2 Å². The third-order valence-electron chi connectivity index (χ3n) is 11.2. The summed E-state index contributed by atoms with van der Waals surface area (Å²) in [6.45, 7) is 4.53. The predicted octanol–water partition coefficient (Wildman–Crippen LogP) is 4.27. The number of nitrogens with one attached hydrogen (secondary N) is 2. The van der Waals surface area contributed by atoms with Gasteiger partial charge < -0.3 is 34.9 Å². The number of benzene rings is 2. The highest BCUT2D eigenvalue weighted by atomic mass is 16.8. The highest BCUT2D eigenvalue weighted by Crippen LogP contribution is 2.58. The van der Waals surface area contributed by atoms with E-state index in [1.54, 1.807) is 43.4 Å². The maximum absolute atomic E-state index is 14.8. The summed E-state index contributed by atoms with van der Waals surface area (Å²) in [6, 6.07) is 13.4. The second-order valence-electron chi connectivity index (χ2n) is 15.4. The molecule has 4 aliphatic rings. The van der Waals surface area contributed by atoms with Gasteiger partial charge in [0, 0.05) is 58.1 Å². The number of carbonyl (C=O) groups is 4. The van der Waals surface area contributed by atoms with Crippen LogP contribution in [0.2, 0.25) is 0 Å². The monoisotopic (exact) mass is 760 g/mol. The molecule has 4 fully saturated rings. The number of likely N-dealkylation sites (N-methyl/N-ethyl adjacent to an activating group) is 1. The number of hydroxylamine groups is 2. The molecule has 0 spiro atoms. The van der Waals surface area contributed by atoms with Crippen molar-refractivity contribution in [1.29, 1.82) is 0 Å². The molecule has 1 aliphatic carbocycles. The van der Waals surface area contributed by atoms with Crippen molar-refractivity contribution in [1.82, 2.24) is 20.6 Å². The van der Waals surface area contributed by atoms with Crippen LogP contribution in [-0.4, -0.2) is 102 Å². The molecule has 6 unspecified atom stereocenters. The second kappa shape index (κ2) is 17.8. The van der Waals surface area contributed by atoms with Crippen LogP contribution in [0.1, 0.15) is 98.7 Å². The number of fused-ring (bicyclic) bond motifs is 4. The van der Waals surface area contributed by atoms with Crippen molar-refractivity contribution in [3.05, 3.63) is 76.9 Å². The fraction of sp³-hybridized carbons (Fsp3) is 0.571. The molecule has 2 bridgehead atoms. The predicted molar refractivity (Wildman–Crippen MR) is 204 cm³/mol. The molecule has 55 heavy (non-hydrogen) atoms. The Labute approximate surface area is 323 Å². The van der Waals surface area contributed by atoms with Crippen LogP contribution in [0.3, 0.4) is 0 Å². The lowest BCUT2D eigenvalue weighted by Crippen LogP contribution is -2.69. The molecule has 13 heteroatoms. The van der Waals surface area contributed by atoms with E-state index in [1.807, 2.05) is 30.3 Å². The third kappa shape index (κ3) is 8.66. The molecule has 298 valence electrons. The van der Waals surface area contributed by atoms with E-state index >= 15 is 0 Å². The Balaban J connectivity index is 1.32. The topological polar surface area (TPSA) is 156 Å². The first-order chi connectivity index (χ1) is 26.5. The molecule has 6 atom stereocenters. The lowest BCUT2D eigenvalue weighted by Gasteiger charge is -2.48. The summed E-state index contributed by atoms with van der Waals surface area (Å²) in [5.41, 5.74) is 1.34. The van der Waals surface area contributed by atoms with Crippen molar-refractivity contribution in [3.8, 4) is 0 Å². The van der Waals surface area contributed by atoms with Crippen LogP contribution < -0.4 is 10.6 Å². The minimum atomic E-state index is -1.36. The summed E-state index contributed by atoms with van der Waals surface area (Å²) in [7, 11) is 3.38. The number of rotatable bonds is 18. The van der Waals surface area contributed by atoms with Gasteiger partial charge in [-0.15, -0.1) is 0 Å². The molecule has 13 nitrogen and oxygen atoms in total. The zero-order chi connectivity index (χ0) is 39.2. The maximum Gasteiger partial charge on any atom is 0.327 e. The Bertz CT molecular complexity index is 1720. The first-order valence-corrected chi connectivity index (χ1v) is 19.8. The molecule has 3 aliphatic heterocycles. The molecule has 3 saturated heterocycles. The number of aliphatic hydroxyl groups excluding tert-OH is 1. The largest absolute Gasteiger partial charge is 0.458 e. The third-order valence-corrected chi connectivity index (χ3v) is 11.2. The SMILES string of the molecule is CCCCCC1(CCCCC)OC2C3CC4(C(=O)NCc5cccc(C(=O)NCCO)c5)C(ON(Cc5cccc(C=CC(=O)N(C)C)c5)C4C(=O)O3)C2O1. The van der Waals surface area contributed by atoms with Crippen LogP contribution in [0.15, 0.2) is 54.6 Å². The van der Waals surface area contributed by atoms with Crippen LogP contribution in [0, 0.1) is 5.41 Å². The number of carbonyl (C=O) groups excluding carboxylic acids is 4. The van der Waals surface area contributed by atoms with E-state index in [0.29, 0.717) is 24.0 Å². The Kier molecular flexibility index (Phi) is 13.1. The molecule has 0 aromatic heterocycles. The minimum absolute atomic E-state index is 0.102. The summed E-state index contributed by atoms with van der Waals surface area (Å²) in [4.78, 5) is 62.1. The van der Waals surface area contributed by atoms with Crippen LogP contribution in [-0.2, 0) is 46.5 Å². The number of unbranched alkanes of at least 4 members (excludes halogenated alkanes) is 4. The summed E-state index contributed by atoms with van der Waals surface area (Å²) in [6.07, 6.45) is 7.97. The van der Waals surface area contributed by atoms with E-state index in [2.05, 4.69) is 24.5 Å². The van der Waals surface area contributed by atoms with Gasteiger partial charge in [-0.2, -0.15) is 5.06 Å². The molecule has 6 rings (SSSR count). The first kappa shape index (κ1) is 40.5. The lowest BCUT2D eigenvalue weighted by atomic mass is 9.62. The van der Waals surface area contributed by atoms with Crippen molar-refractivity contribution in [3.63, 3.8) is 0 Å². The van der Waals surface area contributed by atoms with Gasteiger partial charge in [0.15, 0.2) is 11.8 Å². The Morgan fingerprint density at radius 1 is 0.945 bits per heavy atom. The van der Waals surface area contributed by atoms with Gasteiger partial charge in [-0.3, -0.25) is 24.0 Å². The number of ether oxygens (including phenoxy) is 3. The summed E-state index contributed by atoms with van der Waals surface area (Å²) in [5.74, 6) is -2.27. The number of esters is 1. The number of amides is 3. The van der Waals surface area contributed by atoms with Gasteiger partial charge in [0.1, 0.15) is 29.8 Å². The standard InChI is InChI=1S/C42H56N4O9/c1-5-7-9-19-41(20-10-8-6-2)53-34-32-25-42(40(51)44-26-29-14-12-16-31(24-29)38(49)43-21-22-47)36(39(50)52-32)46(55-37(42)35(34)54-41)27-30-15-11-13-28(23-30)17-18-33(48)45(3)4/h11-18,23-24,32,34-37,47H,5-10,19-22,25-27H2,1-4H3,(H,43,49)(H,44,51). The molecular formula is C42H56N4O9. The summed E-state index contributed by atoms with van der Waals surface area (Å²) >= 11 is 0. The molecule has 2 aromatic carbocycles. The zero-order valence-electron chi connectivity index (χ0n) is 32.5. The summed E-state index contributed by atoms with van der Waals surface area (Å²) < 4.78 is 20.0. The van der Waals surface area contributed by atoms with Crippen molar-refractivity contribution in [2.45, 2.75) is 121 Å². The highest BCUT2D eigenvalue weighted by Gasteiger charge is 2.76. The Morgan fingerprint density at radius 3 is 2.36 bits per heavy atom. The minimum Gasteiger partial charge on any atom is -0.458 e. The van der Waals surface area contributed by atoms with Crippen molar-refractivity contribution in [2.24, 2.45) is 5.41 Å². The number of nitrogens with zero attached hydrogens (tertiary/aromatic N) is 2. The molecular weight excluding hydrogens is 704 g/mol. The van der Waals surface area contributed by atoms with E-state index in [-0.39, 0.29) is 50.4 Å². The summed E-state index contributed by atoms with van der Waals surface area (Å²) in [5, 5.41) is 16.5. The van der Waals surface area contributed by atoms with Gasteiger partial charge in [0.25, 0.3) is 5.91 Å². The molecule has 3 amide bonds. The number of aliphatic hydroxyl groups is 1. The second-order valence-corrected chi connectivity index (χ2v) is 15.4. The zero-order valence-corrected chi connectivity index (χ0v) is 32.5. The fourth-order valence-electron chi connectivity index (χ4n) is 8.43. The van der Waals surface area contributed by atoms with E-state index in [0.717, 1.165) is 49.7 Å². The van der Waals surface area contributed by atoms with Crippen LogP contribution in [0.4, 0.5) is 0 Å². The van der Waals surface area contributed by atoms with E-state index in [1.165, 1.54) is 11.0 Å².